The molecule has 3 rings (SSSR count). The molecular weight excluding hydrogens is 196 g/mol. The van der Waals surface area contributed by atoms with Crippen molar-refractivity contribution in [1.82, 2.24) is 4.90 Å². The minimum atomic E-state index is 0.930. The molecule has 86 valence electrons. The highest BCUT2D eigenvalue weighted by molar-refractivity contribution is 5.53. The molecule has 0 spiro atoms. The molecule has 2 fully saturated rings. The van der Waals surface area contributed by atoms with Gasteiger partial charge in [-0.15, -0.1) is 0 Å². The van der Waals surface area contributed by atoms with Crippen molar-refractivity contribution in [1.29, 1.82) is 0 Å². The van der Waals surface area contributed by atoms with Crippen LogP contribution in [0.25, 0.3) is 0 Å². The van der Waals surface area contributed by atoms with Gasteiger partial charge in [0.15, 0.2) is 0 Å². The van der Waals surface area contributed by atoms with Gasteiger partial charge in [-0.25, -0.2) is 0 Å². The van der Waals surface area contributed by atoms with Crippen LogP contribution in [-0.2, 0) is 0 Å². The van der Waals surface area contributed by atoms with Gasteiger partial charge in [-0.05, 0) is 31.4 Å². The highest BCUT2D eigenvalue weighted by Crippen LogP contribution is 2.29. The largest absolute Gasteiger partial charge is 0.369 e. The van der Waals surface area contributed by atoms with E-state index >= 15 is 0 Å². The zero-order valence-electron chi connectivity index (χ0n) is 10.0. The standard InChI is InChI=1S/C14H20N2/c1-12-4-2-3-5-14(12)16-10-8-15(9-11-16)13-6-7-13/h2-5,13H,6-11H2,1H3. The van der Waals surface area contributed by atoms with Crippen LogP contribution in [0, 0.1) is 6.92 Å². The fourth-order valence-electron chi connectivity index (χ4n) is 2.69. The number of hydrogen-bond donors (Lipinski definition) is 0. The molecule has 16 heavy (non-hydrogen) atoms. The lowest BCUT2D eigenvalue weighted by Crippen LogP contribution is -2.47. The molecule has 2 nitrogen and oxygen atoms in total. The molecule has 1 aliphatic heterocycles. The normalized spacial score (nSPS) is 22.4. The lowest BCUT2D eigenvalue weighted by molar-refractivity contribution is 0.248. The number of piperazine rings is 1. The molecule has 1 heterocycles. The van der Waals surface area contributed by atoms with E-state index in [1.54, 1.807) is 0 Å². The minimum absolute atomic E-state index is 0.930. The van der Waals surface area contributed by atoms with Gasteiger partial charge in [-0.1, -0.05) is 18.2 Å². The number of hydrogen-bond acceptors (Lipinski definition) is 2. The Morgan fingerprint density at radius 2 is 1.69 bits per heavy atom. The molecule has 0 N–H and O–H groups in total. The van der Waals surface area contributed by atoms with Crippen LogP contribution in [0.3, 0.4) is 0 Å². The molecular formula is C14H20N2. The molecule has 0 bridgehead atoms. The van der Waals surface area contributed by atoms with Crippen molar-refractivity contribution in [3.05, 3.63) is 29.8 Å². The van der Waals surface area contributed by atoms with Crippen molar-refractivity contribution in [3.63, 3.8) is 0 Å². The van der Waals surface area contributed by atoms with Gasteiger partial charge in [0.2, 0.25) is 0 Å². The Bertz CT molecular complexity index is 363. The SMILES string of the molecule is Cc1ccccc1N1CCN(C2CC2)CC1. The van der Waals surface area contributed by atoms with Crippen molar-refractivity contribution in [3.8, 4) is 0 Å². The highest BCUT2D eigenvalue weighted by atomic mass is 15.3. The molecule has 0 unspecified atom stereocenters. The third-order valence-corrected chi connectivity index (χ3v) is 3.83. The van der Waals surface area contributed by atoms with Gasteiger partial charge >= 0.3 is 0 Å². The first kappa shape index (κ1) is 10.2. The molecule has 0 amide bonds. The van der Waals surface area contributed by atoms with E-state index in [4.69, 9.17) is 0 Å². The van der Waals surface area contributed by atoms with Crippen LogP contribution < -0.4 is 4.90 Å². The zero-order valence-corrected chi connectivity index (χ0v) is 10.0. The van der Waals surface area contributed by atoms with Crippen LogP contribution >= 0.6 is 0 Å². The summed E-state index contributed by atoms with van der Waals surface area (Å²) in [6.07, 6.45) is 2.87. The predicted molar refractivity (Wildman–Crippen MR) is 68.0 cm³/mol. The summed E-state index contributed by atoms with van der Waals surface area (Å²) in [5, 5.41) is 0. The smallest absolute Gasteiger partial charge is 0.0396 e. The van der Waals surface area contributed by atoms with Crippen LogP contribution in [0.5, 0.6) is 0 Å². The number of nitrogens with zero attached hydrogens (tertiary/aromatic N) is 2. The Morgan fingerprint density at radius 1 is 1.00 bits per heavy atom. The zero-order chi connectivity index (χ0) is 11.0. The summed E-state index contributed by atoms with van der Waals surface area (Å²) in [7, 11) is 0. The maximum absolute atomic E-state index is 2.66. The number of para-hydroxylation sites is 1. The topological polar surface area (TPSA) is 6.48 Å². The molecule has 1 saturated heterocycles. The second-order valence-electron chi connectivity index (χ2n) is 5.04. The van der Waals surface area contributed by atoms with E-state index in [0.717, 1.165) is 6.04 Å². The summed E-state index contributed by atoms with van der Waals surface area (Å²) in [5.41, 5.74) is 2.83. The van der Waals surface area contributed by atoms with Gasteiger partial charge in [0.25, 0.3) is 0 Å². The molecule has 2 heteroatoms. The number of benzene rings is 1. The summed E-state index contributed by atoms with van der Waals surface area (Å²) in [5.74, 6) is 0. The van der Waals surface area contributed by atoms with Crippen molar-refractivity contribution in [2.45, 2.75) is 25.8 Å². The predicted octanol–water partition coefficient (Wildman–Crippen LogP) is 2.28. The molecule has 1 aliphatic carbocycles. The first-order valence-electron chi connectivity index (χ1n) is 6.39. The molecule has 1 aromatic rings. The average Bonchev–Trinajstić information content (AvgIpc) is 3.14. The summed E-state index contributed by atoms with van der Waals surface area (Å²) >= 11 is 0. The van der Waals surface area contributed by atoms with Crippen LogP contribution in [-0.4, -0.2) is 37.1 Å². The van der Waals surface area contributed by atoms with Crippen LogP contribution in [0.2, 0.25) is 0 Å². The van der Waals surface area contributed by atoms with E-state index in [0.29, 0.717) is 0 Å². The second-order valence-corrected chi connectivity index (χ2v) is 5.04. The molecule has 0 atom stereocenters. The Balaban J connectivity index is 1.67. The van der Waals surface area contributed by atoms with Gasteiger partial charge < -0.3 is 4.90 Å². The number of anilines is 1. The third-order valence-electron chi connectivity index (χ3n) is 3.83. The van der Waals surface area contributed by atoms with Crippen molar-refractivity contribution in [2.75, 3.05) is 31.1 Å². The Morgan fingerprint density at radius 3 is 2.31 bits per heavy atom. The second kappa shape index (κ2) is 4.10. The van der Waals surface area contributed by atoms with Gasteiger partial charge in [0, 0.05) is 37.9 Å². The van der Waals surface area contributed by atoms with Crippen molar-refractivity contribution >= 4 is 5.69 Å². The average molecular weight is 216 g/mol. The first-order chi connectivity index (χ1) is 7.84. The maximum atomic E-state index is 2.66. The van der Waals surface area contributed by atoms with E-state index in [1.165, 1.54) is 50.3 Å². The lowest BCUT2D eigenvalue weighted by atomic mass is 10.1. The highest BCUT2D eigenvalue weighted by Gasteiger charge is 2.31. The molecule has 0 radical (unpaired) electrons. The molecule has 0 aromatic heterocycles. The number of rotatable bonds is 2. The summed E-state index contributed by atoms with van der Waals surface area (Å²) in [6.45, 7) is 7.10. The summed E-state index contributed by atoms with van der Waals surface area (Å²) in [4.78, 5) is 5.20. The van der Waals surface area contributed by atoms with Crippen LogP contribution in [0.4, 0.5) is 5.69 Å². The van der Waals surface area contributed by atoms with Crippen LogP contribution in [0.15, 0.2) is 24.3 Å². The van der Waals surface area contributed by atoms with Gasteiger partial charge in [-0.3, -0.25) is 4.90 Å². The molecule has 2 aliphatic rings. The monoisotopic (exact) mass is 216 g/mol. The van der Waals surface area contributed by atoms with Gasteiger partial charge in [0.1, 0.15) is 0 Å². The third kappa shape index (κ3) is 1.94. The number of aryl methyl sites for hydroxylation is 1. The molecule has 1 saturated carbocycles. The fraction of sp³-hybridized carbons (Fsp3) is 0.571. The van der Waals surface area contributed by atoms with E-state index in [2.05, 4.69) is 41.0 Å². The van der Waals surface area contributed by atoms with Crippen molar-refractivity contribution < 1.29 is 0 Å². The van der Waals surface area contributed by atoms with E-state index in [9.17, 15) is 0 Å². The van der Waals surface area contributed by atoms with Crippen molar-refractivity contribution in [2.24, 2.45) is 0 Å². The van der Waals surface area contributed by atoms with E-state index in [-0.39, 0.29) is 0 Å². The Hall–Kier alpha value is -1.02. The van der Waals surface area contributed by atoms with Gasteiger partial charge in [-0.2, -0.15) is 0 Å². The summed E-state index contributed by atoms with van der Waals surface area (Å²) < 4.78 is 0. The van der Waals surface area contributed by atoms with E-state index < -0.39 is 0 Å². The van der Waals surface area contributed by atoms with Crippen LogP contribution in [0.1, 0.15) is 18.4 Å². The first-order valence-corrected chi connectivity index (χ1v) is 6.39. The van der Waals surface area contributed by atoms with Gasteiger partial charge in [0.05, 0.1) is 0 Å². The quantitative estimate of drug-likeness (QED) is 0.748. The lowest BCUT2D eigenvalue weighted by Gasteiger charge is -2.36. The fourth-order valence-corrected chi connectivity index (χ4v) is 2.69. The summed E-state index contributed by atoms with van der Waals surface area (Å²) in [6, 6.07) is 9.67. The van der Waals surface area contributed by atoms with E-state index in [1.807, 2.05) is 0 Å². The molecule has 1 aromatic carbocycles. The Kier molecular flexibility index (Phi) is 2.60. The minimum Gasteiger partial charge on any atom is -0.369 e. The maximum Gasteiger partial charge on any atom is 0.0396 e. The Labute approximate surface area is 97.9 Å².